The van der Waals surface area contributed by atoms with E-state index >= 15 is 0 Å². The quantitative estimate of drug-likeness (QED) is 0.553. The van der Waals surface area contributed by atoms with Crippen LogP contribution < -0.4 is 0 Å². The summed E-state index contributed by atoms with van der Waals surface area (Å²) in [6, 6.07) is 0. The van der Waals surface area contributed by atoms with Gasteiger partial charge in [-0.15, -0.1) is 0 Å². The molecule has 2 aliphatic rings. The molecule has 0 aliphatic heterocycles. The summed E-state index contributed by atoms with van der Waals surface area (Å²) < 4.78 is 0.473. The lowest BCUT2D eigenvalue weighted by molar-refractivity contribution is 0.127. The first-order valence-electron chi connectivity index (χ1n) is 5.24. The van der Waals surface area contributed by atoms with E-state index in [2.05, 4.69) is 29.8 Å². The van der Waals surface area contributed by atoms with E-state index in [9.17, 15) is 0 Å². The first-order chi connectivity index (χ1) is 5.55. The minimum absolute atomic E-state index is 0.473. The fraction of sp³-hybridized carbons (Fsp3) is 1.00. The zero-order chi connectivity index (χ0) is 8.77. The van der Waals surface area contributed by atoms with E-state index in [0.717, 1.165) is 17.8 Å². The molecule has 2 unspecified atom stereocenters. The number of fused-ring (bicyclic) bond motifs is 2. The third kappa shape index (κ3) is 1.86. The fourth-order valence-electron chi connectivity index (χ4n) is 3.52. The smallest absolute Gasteiger partial charge is 0.0235 e. The molecule has 0 aromatic carbocycles. The Morgan fingerprint density at radius 2 is 1.58 bits per heavy atom. The maximum absolute atomic E-state index is 3.87. The van der Waals surface area contributed by atoms with Gasteiger partial charge in [0.1, 0.15) is 0 Å². The molecule has 0 aromatic heterocycles. The Hall–Kier alpha value is 0.480. The highest BCUT2D eigenvalue weighted by atomic mass is 79.9. The van der Waals surface area contributed by atoms with Gasteiger partial charge in [-0.1, -0.05) is 22.9 Å². The predicted molar refractivity (Wildman–Crippen MR) is 56.6 cm³/mol. The minimum atomic E-state index is 0.473. The summed E-state index contributed by atoms with van der Waals surface area (Å²) in [6.07, 6.45) is 7.31. The van der Waals surface area contributed by atoms with Crippen LogP contribution in [0.25, 0.3) is 0 Å². The maximum Gasteiger partial charge on any atom is 0.0235 e. The second-order valence-electron chi connectivity index (χ2n) is 5.37. The van der Waals surface area contributed by atoms with Crippen molar-refractivity contribution >= 4 is 15.9 Å². The van der Waals surface area contributed by atoms with Gasteiger partial charge in [0.15, 0.2) is 0 Å². The molecule has 1 heteroatoms. The molecule has 0 N–H and O–H groups in total. The Balaban J connectivity index is 2.06. The van der Waals surface area contributed by atoms with Crippen LogP contribution in [-0.4, -0.2) is 4.32 Å². The molecule has 12 heavy (non-hydrogen) atoms. The van der Waals surface area contributed by atoms with Gasteiger partial charge in [-0.05, 0) is 56.8 Å². The van der Waals surface area contributed by atoms with Crippen molar-refractivity contribution in [2.45, 2.75) is 50.3 Å². The van der Waals surface area contributed by atoms with Gasteiger partial charge in [0.05, 0.1) is 0 Å². The summed E-state index contributed by atoms with van der Waals surface area (Å²) in [4.78, 5) is 0. The number of halogens is 1. The zero-order valence-corrected chi connectivity index (χ0v) is 9.73. The molecular formula is C11H19Br. The highest BCUT2D eigenvalue weighted by Gasteiger charge is 2.39. The van der Waals surface area contributed by atoms with E-state index in [1.807, 2.05) is 0 Å². The first kappa shape index (κ1) is 9.05. The maximum atomic E-state index is 3.87. The van der Waals surface area contributed by atoms with E-state index < -0.39 is 0 Å². The van der Waals surface area contributed by atoms with Crippen LogP contribution in [0.3, 0.4) is 0 Å². The standard InChI is InChI=1S/C11H19Br/c1-8-3-9-5-10(4-8)7-11(2,12)6-9/h8-10H,3-7H2,1-2H3. The number of alkyl halides is 1. The molecular weight excluding hydrogens is 212 g/mol. The van der Waals surface area contributed by atoms with Gasteiger partial charge in [0.25, 0.3) is 0 Å². The van der Waals surface area contributed by atoms with Crippen molar-refractivity contribution in [2.75, 3.05) is 0 Å². The van der Waals surface area contributed by atoms with Crippen LogP contribution in [0.1, 0.15) is 46.0 Å². The van der Waals surface area contributed by atoms with E-state index in [4.69, 9.17) is 0 Å². The predicted octanol–water partition coefficient (Wildman–Crippen LogP) is 3.99. The summed E-state index contributed by atoms with van der Waals surface area (Å²) in [7, 11) is 0. The lowest BCUT2D eigenvalue weighted by atomic mass is 9.65. The van der Waals surface area contributed by atoms with Crippen molar-refractivity contribution in [2.24, 2.45) is 17.8 Å². The van der Waals surface area contributed by atoms with Gasteiger partial charge in [0, 0.05) is 4.32 Å². The molecule has 0 heterocycles. The van der Waals surface area contributed by atoms with Crippen molar-refractivity contribution in [3.05, 3.63) is 0 Å². The minimum Gasteiger partial charge on any atom is -0.0856 e. The number of hydrogen-bond acceptors (Lipinski definition) is 0. The van der Waals surface area contributed by atoms with Crippen LogP contribution in [0.15, 0.2) is 0 Å². The molecule has 0 aromatic rings. The molecule has 2 bridgehead atoms. The molecule has 0 saturated heterocycles. The van der Waals surface area contributed by atoms with Gasteiger partial charge in [-0.25, -0.2) is 0 Å². The Bertz CT molecular complexity index is 154. The molecule has 70 valence electrons. The van der Waals surface area contributed by atoms with Crippen LogP contribution in [-0.2, 0) is 0 Å². The van der Waals surface area contributed by atoms with Crippen molar-refractivity contribution in [1.82, 2.24) is 0 Å². The van der Waals surface area contributed by atoms with Gasteiger partial charge < -0.3 is 0 Å². The second kappa shape index (κ2) is 3.01. The third-order valence-electron chi connectivity index (χ3n) is 3.57. The van der Waals surface area contributed by atoms with Gasteiger partial charge in [-0.2, -0.15) is 0 Å². The highest BCUT2D eigenvalue weighted by Crippen LogP contribution is 2.49. The van der Waals surface area contributed by atoms with E-state index in [1.54, 1.807) is 0 Å². The van der Waals surface area contributed by atoms with Crippen LogP contribution >= 0.6 is 15.9 Å². The molecule has 0 nitrogen and oxygen atoms in total. The summed E-state index contributed by atoms with van der Waals surface area (Å²) in [5, 5.41) is 0. The second-order valence-corrected chi connectivity index (χ2v) is 7.28. The summed E-state index contributed by atoms with van der Waals surface area (Å²) >= 11 is 3.87. The van der Waals surface area contributed by atoms with Crippen molar-refractivity contribution in [3.8, 4) is 0 Å². The van der Waals surface area contributed by atoms with Crippen molar-refractivity contribution in [3.63, 3.8) is 0 Å². The van der Waals surface area contributed by atoms with Gasteiger partial charge >= 0.3 is 0 Å². The van der Waals surface area contributed by atoms with Crippen molar-refractivity contribution < 1.29 is 0 Å². The Morgan fingerprint density at radius 3 is 2.08 bits per heavy atom. The van der Waals surface area contributed by atoms with Crippen LogP contribution in [0.2, 0.25) is 0 Å². The fourth-order valence-corrected chi connectivity index (χ4v) is 4.43. The average Bonchev–Trinajstić information content (AvgIpc) is 1.78. The van der Waals surface area contributed by atoms with Gasteiger partial charge in [-0.3, -0.25) is 0 Å². The Labute approximate surface area is 84.2 Å². The topological polar surface area (TPSA) is 0 Å². The molecule has 0 radical (unpaired) electrons. The molecule has 2 rings (SSSR count). The number of rotatable bonds is 0. The Kier molecular flexibility index (Phi) is 2.27. The summed E-state index contributed by atoms with van der Waals surface area (Å²) in [5.41, 5.74) is 0. The van der Waals surface area contributed by atoms with E-state index in [-0.39, 0.29) is 0 Å². The van der Waals surface area contributed by atoms with E-state index in [1.165, 1.54) is 32.1 Å². The first-order valence-corrected chi connectivity index (χ1v) is 6.03. The molecule has 2 fully saturated rings. The molecule has 2 saturated carbocycles. The molecule has 0 spiro atoms. The molecule has 2 aliphatic carbocycles. The zero-order valence-electron chi connectivity index (χ0n) is 8.15. The Morgan fingerprint density at radius 1 is 1.08 bits per heavy atom. The van der Waals surface area contributed by atoms with Crippen LogP contribution in [0, 0.1) is 17.8 Å². The average molecular weight is 231 g/mol. The van der Waals surface area contributed by atoms with Crippen LogP contribution in [0.5, 0.6) is 0 Å². The molecule has 2 atom stereocenters. The lowest BCUT2D eigenvalue weighted by Gasteiger charge is -2.44. The van der Waals surface area contributed by atoms with Crippen LogP contribution in [0.4, 0.5) is 0 Å². The third-order valence-corrected chi connectivity index (χ3v) is 4.21. The summed E-state index contributed by atoms with van der Waals surface area (Å²) in [5.74, 6) is 3.05. The highest BCUT2D eigenvalue weighted by molar-refractivity contribution is 9.10. The van der Waals surface area contributed by atoms with Gasteiger partial charge in [0.2, 0.25) is 0 Å². The molecule has 0 amide bonds. The SMILES string of the molecule is CC1CC2CC(C1)CC(C)(Br)C2. The van der Waals surface area contributed by atoms with E-state index in [0.29, 0.717) is 4.32 Å². The van der Waals surface area contributed by atoms with Crippen molar-refractivity contribution in [1.29, 1.82) is 0 Å². The summed E-state index contributed by atoms with van der Waals surface area (Å²) in [6.45, 7) is 4.80. The number of hydrogen-bond donors (Lipinski definition) is 0. The lowest BCUT2D eigenvalue weighted by Crippen LogP contribution is -2.36. The largest absolute Gasteiger partial charge is 0.0856 e. The normalized spacial score (nSPS) is 53.8. The monoisotopic (exact) mass is 230 g/mol.